The largest absolute Gasteiger partial charge is 0.489 e. The smallest absolute Gasteiger partial charge is 0.193 e. The molecule has 7 nitrogen and oxygen atoms in total. The van der Waals surface area contributed by atoms with Crippen LogP contribution >= 0.6 is 0 Å². The van der Waals surface area contributed by atoms with Crippen LogP contribution in [0.4, 0.5) is 11.4 Å². The highest BCUT2D eigenvalue weighted by Gasteiger charge is 2.08. The topological polar surface area (TPSA) is 102 Å². The van der Waals surface area contributed by atoms with Gasteiger partial charge in [0.15, 0.2) is 5.82 Å². The Balaban J connectivity index is 2.08. The van der Waals surface area contributed by atoms with E-state index in [1.165, 1.54) is 0 Å². The first-order valence-corrected chi connectivity index (χ1v) is 5.68. The molecule has 0 radical (unpaired) electrons. The third-order valence-corrected chi connectivity index (χ3v) is 2.25. The number of hydrogen-bond donors (Lipinski definition) is 3. The minimum Gasteiger partial charge on any atom is -0.489 e. The van der Waals surface area contributed by atoms with Crippen molar-refractivity contribution in [1.29, 1.82) is 0 Å². The van der Waals surface area contributed by atoms with Crippen molar-refractivity contribution in [2.24, 2.45) is 0 Å². The summed E-state index contributed by atoms with van der Waals surface area (Å²) in [6.07, 6.45) is 0.0831. The van der Waals surface area contributed by atoms with Crippen molar-refractivity contribution in [3.63, 3.8) is 0 Å². The first kappa shape index (κ1) is 12.2. The van der Waals surface area contributed by atoms with E-state index in [1.807, 2.05) is 32.0 Å². The molecule has 0 amide bonds. The summed E-state index contributed by atoms with van der Waals surface area (Å²) in [4.78, 5) is 0. The van der Waals surface area contributed by atoms with Gasteiger partial charge in [0.05, 0.1) is 24.0 Å². The first-order valence-electron chi connectivity index (χ1n) is 5.68. The van der Waals surface area contributed by atoms with Gasteiger partial charge in [-0.25, -0.2) is 0 Å². The van der Waals surface area contributed by atoms with Gasteiger partial charge in [-0.15, -0.1) is 10.2 Å². The van der Waals surface area contributed by atoms with Gasteiger partial charge in [0.2, 0.25) is 0 Å². The van der Waals surface area contributed by atoms with E-state index in [-0.39, 0.29) is 6.10 Å². The molecule has 2 rings (SSSR count). The van der Waals surface area contributed by atoms with Crippen LogP contribution < -0.4 is 15.8 Å². The summed E-state index contributed by atoms with van der Waals surface area (Å²) in [5.41, 5.74) is 7.39. The highest BCUT2D eigenvalue weighted by Crippen LogP contribution is 2.30. The molecule has 1 aromatic carbocycles. The minimum absolute atomic E-state index is 0.0831. The molecule has 0 saturated heterocycles. The van der Waals surface area contributed by atoms with E-state index in [0.717, 1.165) is 5.69 Å². The summed E-state index contributed by atoms with van der Waals surface area (Å²) in [5, 5.41) is 16.7. The van der Waals surface area contributed by atoms with Crippen LogP contribution in [0.15, 0.2) is 18.2 Å². The van der Waals surface area contributed by atoms with Crippen molar-refractivity contribution in [2.75, 3.05) is 11.1 Å². The number of nitrogens with two attached hydrogens (primary N) is 1. The Morgan fingerprint density at radius 2 is 2.28 bits per heavy atom. The monoisotopic (exact) mass is 248 g/mol. The van der Waals surface area contributed by atoms with Crippen molar-refractivity contribution in [1.82, 2.24) is 20.6 Å². The summed E-state index contributed by atoms with van der Waals surface area (Å²) >= 11 is 0. The number of anilines is 2. The Hall–Kier alpha value is -2.31. The molecule has 0 atom stereocenters. The van der Waals surface area contributed by atoms with E-state index in [0.29, 0.717) is 23.8 Å². The number of nitrogens with zero attached hydrogens (tertiary/aromatic N) is 3. The Morgan fingerprint density at radius 3 is 2.94 bits per heavy atom. The number of nitrogens with one attached hydrogen (secondary N) is 2. The maximum atomic E-state index is 6.02. The zero-order chi connectivity index (χ0) is 13.0. The van der Waals surface area contributed by atoms with Crippen molar-refractivity contribution in [2.45, 2.75) is 26.5 Å². The van der Waals surface area contributed by atoms with Crippen LogP contribution in [0, 0.1) is 0 Å². The Kier molecular flexibility index (Phi) is 3.61. The summed E-state index contributed by atoms with van der Waals surface area (Å²) < 4.78 is 5.61. The predicted molar refractivity (Wildman–Crippen MR) is 68.1 cm³/mol. The summed E-state index contributed by atoms with van der Waals surface area (Å²) in [6.45, 7) is 4.36. The van der Waals surface area contributed by atoms with Crippen LogP contribution in [-0.4, -0.2) is 26.7 Å². The molecule has 0 unspecified atom stereocenters. The fraction of sp³-hybridized carbons (Fsp3) is 0.364. The number of rotatable bonds is 5. The molecule has 0 bridgehead atoms. The quantitative estimate of drug-likeness (QED) is 0.687. The molecule has 2 aromatic rings. The van der Waals surface area contributed by atoms with Crippen molar-refractivity contribution >= 4 is 11.4 Å². The van der Waals surface area contributed by atoms with Gasteiger partial charge in [-0.3, -0.25) is 0 Å². The first-order chi connectivity index (χ1) is 8.66. The summed E-state index contributed by atoms with van der Waals surface area (Å²) in [6, 6.07) is 5.60. The van der Waals surface area contributed by atoms with E-state index in [9.17, 15) is 0 Å². The zero-order valence-corrected chi connectivity index (χ0v) is 10.3. The molecule has 4 N–H and O–H groups in total. The molecular weight excluding hydrogens is 232 g/mol. The number of aromatic nitrogens is 4. The van der Waals surface area contributed by atoms with Gasteiger partial charge in [-0.1, -0.05) is 11.3 Å². The standard InChI is InChI=1S/C11H16N6O/c1-7(2)18-9-5-3-4-8(11(9)12)13-6-10-14-16-17-15-10/h3-5,7,13H,6,12H2,1-2H3,(H,14,15,16,17). The van der Waals surface area contributed by atoms with Gasteiger partial charge in [0, 0.05) is 0 Å². The molecule has 1 heterocycles. The molecule has 96 valence electrons. The lowest BCUT2D eigenvalue weighted by Gasteiger charge is -2.15. The van der Waals surface area contributed by atoms with E-state index < -0.39 is 0 Å². The molecule has 0 saturated carbocycles. The molecular formula is C11H16N6O. The number of H-pyrrole nitrogens is 1. The molecule has 7 heteroatoms. The molecule has 0 aliphatic heterocycles. The van der Waals surface area contributed by atoms with Gasteiger partial charge in [-0.05, 0) is 26.0 Å². The molecule has 18 heavy (non-hydrogen) atoms. The number of tetrazole rings is 1. The average Bonchev–Trinajstić information content (AvgIpc) is 2.83. The third-order valence-electron chi connectivity index (χ3n) is 2.25. The Bertz CT molecular complexity index is 496. The maximum Gasteiger partial charge on any atom is 0.193 e. The fourth-order valence-electron chi connectivity index (χ4n) is 1.49. The number of aromatic amines is 1. The number of hydrogen-bond acceptors (Lipinski definition) is 6. The van der Waals surface area contributed by atoms with E-state index in [1.54, 1.807) is 0 Å². The Morgan fingerprint density at radius 1 is 1.44 bits per heavy atom. The second-order valence-electron chi connectivity index (χ2n) is 4.07. The summed E-state index contributed by atoms with van der Waals surface area (Å²) in [5.74, 6) is 1.24. The molecule has 0 aliphatic rings. The fourth-order valence-corrected chi connectivity index (χ4v) is 1.49. The van der Waals surface area contributed by atoms with Crippen LogP contribution in [0.2, 0.25) is 0 Å². The summed E-state index contributed by atoms with van der Waals surface area (Å²) in [7, 11) is 0. The van der Waals surface area contributed by atoms with Gasteiger partial charge in [-0.2, -0.15) is 5.21 Å². The van der Waals surface area contributed by atoms with Gasteiger partial charge in [0.25, 0.3) is 0 Å². The van der Waals surface area contributed by atoms with Gasteiger partial charge in [0.1, 0.15) is 5.75 Å². The minimum atomic E-state index is 0.0831. The van der Waals surface area contributed by atoms with Gasteiger partial charge >= 0.3 is 0 Å². The lowest BCUT2D eigenvalue weighted by molar-refractivity contribution is 0.244. The molecule has 0 spiro atoms. The lowest BCUT2D eigenvalue weighted by atomic mass is 10.2. The van der Waals surface area contributed by atoms with Gasteiger partial charge < -0.3 is 15.8 Å². The second-order valence-corrected chi connectivity index (χ2v) is 4.07. The lowest BCUT2D eigenvalue weighted by Crippen LogP contribution is -2.09. The van der Waals surface area contributed by atoms with E-state index in [4.69, 9.17) is 10.5 Å². The van der Waals surface area contributed by atoms with Crippen molar-refractivity contribution < 1.29 is 4.74 Å². The average molecular weight is 248 g/mol. The number of ether oxygens (including phenoxy) is 1. The molecule has 0 aliphatic carbocycles. The Labute approximate surface area is 105 Å². The number of para-hydroxylation sites is 1. The maximum absolute atomic E-state index is 6.02. The van der Waals surface area contributed by atoms with Crippen LogP contribution in [0.3, 0.4) is 0 Å². The number of benzene rings is 1. The van der Waals surface area contributed by atoms with E-state index >= 15 is 0 Å². The zero-order valence-electron chi connectivity index (χ0n) is 10.3. The van der Waals surface area contributed by atoms with Crippen LogP contribution in [0.1, 0.15) is 19.7 Å². The van der Waals surface area contributed by atoms with Crippen LogP contribution in [-0.2, 0) is 6.54 Å². The SMILES string of the molecule is CC(C)Oc1cccc(NCc2nn[nH]n2)c1N. The van der Waals surface area contributed by atoms with E-state index in [2.05, 4.69) is 25.9 Å². The van der Waals surface area contributed by atoms with Crippen LogP contribution in [0.25, 0.3) is 0 Å². The highest BCUT2D eigenvalue weighted by molar-refractivity contribution is 5.72. The highest BCUT2D eigenvalue weighted by atomic mass is 16.5. The predicted octanol–water partition coefficient (Wildman–Crippen LogP) is 1.18. The third kappa shape index (κ3) is 2.88. The second kappa shape index (κ2) is 5.35. The van der Waals surface area contributed by atoms with Crippen LogP contribution in [0.5, 0.6) is 5.75 Å². The normalized spacial score (nSPS) is 10.6. The molecule has 0 fully saturated rings. The van der Waals surface area contributed by atoms with Crippen molar-refractivity contribution in [3.05, 3.63) is 24.0 Å². The van der Waals surface area contributed by atoms with Crippen molar-refractivity contribution in [3.8, 4) is 5.75 Å². The number of nitrogen functional groups attached to an aromatic ring is 1. The molecule has 1 aromatic heterocycles.